The number of carboxylic acids is 1. The number of carboxylic acid groups (broad SMARTS) is 1. The topological polar surface area (TPSA) is 75.6 Å². The van der Waals surface area contributed by atoms with Crippen molar-refractivity contribution in [3.63, 3.8) is 0 Å². The number of carbonyl (C=O) groups excluding carboxylic acids is 1. The zero-order chi connectivity index (χ0) is 14.8. The van der Waals surface area contributed by atoms with Crippen LogP contribution >= 0.6 is 11.8 Å². The normalized spacial score (nSPS) is 11.8. The Hall–Kier alpha value is -1.53. The van der Waals surface area contributed by atoms with Crippen molar-refractivity contribution < 1.29 is 19.4 Å². The molecule has 0 radical (unpaired) electrons. The van der Waals surface area contributed by atoms with Crippen LogP contribution in [-0.2, 0) is 20.9 Å². The number of amides is 1. The van der Waals surface area contributed by atoms with E-state index in [1.165, 1.54) is 0 Å². The van der Waals surface area contributed by atoms with Gasteiger partial charge in [-0.15, -0.1) is 0 Å². The first-order valence-corrected chi connectivity index (χ1v) is 7.65. The van der Waals surface area contributed by atoms with E-state index in [9.17, 15) is 9.59 Å². The standard InChI is InChI=1S/C14H19NO4S/c1-20-8-7-12(14(17)18)15-13(16)10-19-9-11-5-3-2-4-6-11/h2-6,12H,7-10H2,1H3,(H,15,16)(H,17,18). The van der Waals surface area contributed by atoms with Gasteiger partial charge in [-0.2, -0.15) is 11.8 Å². The molecule has 0 aliphatic rings. The zero-order valence-corrected chi connectivity index (χ0v) is 12.2. The molecule has 6 heteroatoms. The van der Waals surface area contributed by atoms with Gasteiger partial charge in [0.25, 0.3) is 0 Å². The molecule has 1 amide bonds. The summed E-state index contributed by atoms with van der Waals surface area (Å²) in [4.78, 5) is 22.6. The quantitative estimate of drug-likeness (QED) is 0.723. The summed E-state index contributed by atoms with van der Waals surface area (Å²) in [5.41, 5.74) is 0.970. The molecule has 0 aliphatic heterocycles. The average molecular weight is 297 g/mol. The molecule has 1 rings (SSSR count). The Labute approximate surface area is 122 Å². The third-order valence-electron chi connectivity index (χ3n) is 2.59. The summed E-state index contributed by atoms with van der Waals surface area (Å²) >= 11 is 1.54. The summed E-state index contributed by atoms with van der Waals surface area (Å²) in [6.45, 7) is 0.189. The van der Waals surface area contributed by atoms with Crippen molar-refractivity contribution in [2.45, 2.75) is 19.1 Å². The van der Waals surface area contributed by atoms with Gasteiger partial charge in [-0.3, -0.25) is 4.79 Å². The van der Waals surface area contributed by atoms with Gasteiger partial charge in [0.2, 0.25) is 5.91 Å². The van der Waals surface area contributed by atoms with E-state index >= 15 is 0 Å². The second-order valence-electron chi connectivity index (χ2n) is 4.22. The molecule has 0 spiro atoms. The maximum absolute atomic E-state index is 11.6. The van der Waals surface area contributed by atoms with Gasteiger partial charge in [0.05, 0.1) is 6.61 Å². The highest BCUT2D eigenvalue weighted by Gasteiger charge is 2.19. The number of thioether (sulfide) groups is 1. The molecule has 0 heterocycles. The number of nitrogens with one attached hydrogen (secondary N) is 1. The molecule has 1 unspecified atom stereocenters. The smallest absolute Gasteiger partial charge is 0.326 e. The first-order chi connectivity index (χ1) is 9.63. The van der Waals surface area contributed by atoms with E-state index < -0.39 is 17.9 Å². The van der Waals surface area contributed by atoms with Crippen molar-refractivity contribution in [3.8, 4) is 0 Å². The highest BCUT2D eigenvalue weighted by atomic mass is 32.2. The highest BCUT2D eigenvalue weighted by molar-refractivity contribution is 7.98. The van der Waals surface area contributed by atoms with E-state index in [4.69, 9.17) is 9.84 Å². The second kappa shape index (κ2) is 9.39. The maximum Gasteiger partial charge on any atom is 0.326 e. The van der Waals surface area contributed by atoms with Gasteiger partial charge in [-0.1, -0.05) is 30.3 Å². The Bertz CT molecular complexity index is 424. The first-order valence-electron chi connectivity index (χ1n) is 6.26. The highest BCUT2D eigenvalue weighted by Crippen LogP contribution is 2.02. The molecule has 20 heavy (non-hydrogen) atoms. The van der Waals surface area contributed by atoms with Gasteiger partial charge in [-0.25, -0.2) is 4.79 Å². The van der Waals surface area contributed by atoms with Gasteiger partial charge in [0.1, 0.15) is 12.6 Å². The lowest BCUT2D eigenvalue weighted by atomic mass is 10.2. The fraction of sp³-hybridized carbons (Fsp3) is 0.429. The van der Waals surface area contributed by atoms with Crippen molar-refractivity contribution >= 4 is 23.6 Å². The van der Waals surface area contributed by atoms with E-state index in [0.29, 0.717) is 18.8 Å². The largest absolute Gasteiger partial charge is 0.480 e. The van der Waals surface area contributed by atoms with Crippen LogP contribution in [0.2, 0.25) is 0 Å². The number of aliphatic carboxylic acids is 1. The second-order valence-corrected chi connectivity index (χ2v) is 5.20. The molecule has 0 saturated carbocycles. The molecular weight excluding hydrogens is 278 g/mol. The van der Waals surface area contributed by atoms with Crippen LogP contribution in [0.25, 0.3) is 0 Å². The molecule has 5 nitrogen and oxygen atoms in total. The predicted octanol–water partition coefficient (Wildman–Crippen LogP) is 1.53. The summed E-state index contributed by atoms with van der Waals surface area (Å²) in [6.07, 6.45) is 2.30. The van der Waals surface area contributed by atoms with Crippen LogP contribution < -0.4 is 5.32 Å². The number of hydrogen-bond donors (Lipinski definition) is 2. The van der Waals surface area contributed by atoms with Gasteiger partial charge in [-0.05, 0) is 24.0 Å². The molecule has 2 N–H and O–H groups in total. The van der Waals surface area contributed by atoms with Crippen molar-refractivity contribution in [2.75, 3.05) is 18.6 Å². The van der Waals surface area contributed by atoms with Gasteiger partial charge in [0.15, 0.2) is 0 Å². The van der Waals surface area contributed by atoms with Crippen LogP contribution in [0, 0.1) is 0 Å². The van der Waals surface area contributed by atoms with Gasteiger partial charge >= 0.3 is 5.97 Å². The summed E-state index contributed by atoms with van der Waals surface area (Å²) in [5, 5.41) is 11.4. The molecular formula is C14H19NO4S. The molecule has 0 bridgehead atoms. The maximum atomic E-state index is 11.6. The van der Waals surface area contributed by atoms with Crippen molar-refractivity contribution in [2.24, 2.45) is 0 Å². The fourth-order valence-corrected chi connectivity index (χ4v) is 2.04. The Morgan fingerprint density at radius 3 is 2.65 bits per heavy atom. The Morgan fingerprint density at radius 1 is 1.35 bits per heavy atom. The lowest BCUT2D eigenvalue weighted by molar-refractivity contribution is -0.142. The number of benzene rings is 1. The van der Waals surface area contributed by atoms with Crippen LogP contribution in [0.1, 0.15) is 12.0 Å². The molecule has 0 fully saturated rings. The Balaban J connectivity index is 2.29. The summed E-state index contributed by atoms with van der Waals surface area (Å²) in [7, 11) is 0. The molecule has 0 aromatic heterocycles. The van der Waals surface area contributed by atoms with Crippen LogP contribution in [0.4, 0.5) is 0 Å². The van der Waals surface area contributed by atoms with Crippen LogP contribution in [0.3, 0.4) is 0 Å². The van der Waals surface area contributed by atoms with E-state index in [2.05, 4.69) is 5.32 Å². The van der Waals surface area contributed by atoms with E-state index in [-0.39, 0.29) is 6.61 Å². The van der Waals surface area contributed by atoms with Crippen molar-refractivity contribution in [3.05, 3.63) is 35.9 Å². The van der Waals surface area contributed by atoms with Crippen LogP contribution in [-0.4, -0.2) is 41.6 Å². The summed E-state index contributed by atoms with van der Waals surface area (Å²) < 4.78 is 5.26. The third-order valence-corrected chi connectivity index (χ3v) is 3.23. The Morgan fingerprint density at radius 2 is 2.05 bits per heavy atom. The van der Waals surface area contributed by atoms with Crippen molar-refractivity contribution in [1.29, 1.82) is 0 Å². The van der Waals surface area contributed by atoms with Gasteiger partial charge in [0, 0.05) is 0 Å². The molecule has 110 valence electrons. The van der Waals surface area contributed by atoms with E-state index in [1.807, 2.05) is 36.6 Å². The minimum absolute atomic E-state index is 0.141. The predicted molar refractivity (Wildman–Crippen MR) is 78.7 cm³/mol. The van der Waals surface area contributed by atoms with E-state index in [1.54, 1.807) is 11.8 Å². The van der Waals surface area contributed by atoms with Crippen molar-refractivity contribution in [1.82, 2.24) is 5.32 Å². The van der Waals surface area contributed by atoms with Crippen LogP contribution in [0.5, 0.6) is 0 Å². The lowest BCUT2D eigenvalue weighted by Crippen LogP contribution is -2.42. The zero-order valence-electron chi connectivity index (χ0n) is 11.4. The number of carbonyl (C=O) groups is 2. The SMILES string of the molecule is CSCCC(NC(=O)COCc1ccccc1)C(=O)O. The molecule has 0 aliphatic carbocycles. The molecule has 1 atom stereocenters. The molecule has 1 aromatic rings. The lowest BCUT2D eigenvalue weighted by Gasteiger charge is -2.14. The fourth-order valence-electron chi connectivity index (χ4n) is 1.56. The Kier molecular flexibility index (Phi) is 7.75. The summed E-state index contributed by atoms with van der Waals surface area (Å²) in [6, 6.07) is 8.63. The molecule has 0 saturated heterocycles. The number of rotatable bonds is 9. The molecule has 1 aromatic carbocycles. The van der Waals surface area contributed by atoms with Crippen LogP contribution in [0.15, 0.2) is 30.3 Å². The average Bonchev–Trinajstić information content (AvgIpc) is 2.44. The summed E-state index contributed by atoms with van der Waals surface area (Å²) in [5.74, 6) is -0.743. The first kappa shape index (κ1) is 16.5. The van der Waals surface area contributed by atoms with Gasteiger partial charge < -0.3 is 15.2 Å². The third kappa shape index (κ3) is 6.58. The minimum atomic E-state index is -1.02. The number of ether oxygens (including phenoxy) is 1. The number of hydrogen-bond acceptors (Lipinski definition) is 4. The van der Waals surface area contributed by atoms with E-state index in [0.717, 1.165) is 5.56 Å². The monoisotopic (exact) mass is 297 g/mol. The minimum Gasteiger partial charge on any atom is -0.480 e.